The van der Waals surface area contributed by atoms with Crippen molar-refractivity contribution in [1.29, 1.82) is 0 Å². The monoisotopic (exact) mass is 621 g/mol. The summed E-state index contributed by atoms with van der Waals surface area (Å²) in [6.45, 7) is 3.26. The molecule has 0 fully saturated rings. The molecule has 4 aromatic carbocycles. The molecule has 4 aromatic rings. The number of benzene rings is 4. The highest BCUT2D eigenvalue weighted by atomic mass is 35.5. The molecule has 0 spiro atoms. The summed E-state index contributed by atoms with van der Waals surface area (Å²) in [7, 11) is -4.27. The van der Waals surface area contributed by atoms with Crippen LogP contribution in [0.3, 0.4) is 0 Å². The number of rotatable bonds is 12. The molecular formula is C33H33ClFN3O4S. The van der Waals surface area contributed by atoms with Crippen molar-refractivity contribution in [3.05, 3.63) is 131 Å². The van der Waals surface area contributed by atoms with Crippen molar-refractivity contribution in [2.75, 3.05) is 17.4 Å². The number of carbonyl (C=O) groups is 2. The minimum absolute atomic E-state index is 0.0301. The van der Waals surface area contributed by atoms with Gasteiger partial charge in [0.1, 0.15) is 18.4 Å². The van der Waals surface area contributed by atoms with Crippen molar-refractivity contribution in [3.63, 3.8) is 0 Å². The van der Waals surface area contributed by atoms with Crippen molar-refractivity contribution in [3.8, 4) is 0 Å². The number of anilines is 1. The third kappa shape index (κ3) is 8.00. The number of hydrogen-bond donors (Lipinski definition) is 1. The first kappa shape index (κ1) is 31.7. The number of likely N-dealkylation sites (N-methyl/N-ethyl adjacent to an activating group) is 1. The van der Waals surface area contributed by atoms with E-state index in [1.54, 1.807) is 43.3 Å². The highest BCUT2D eigenvalue weighted by Gasteiger charge is 2.34. The van der Waals surface area contributed by atoms with Gasteiger partial charge < -0.3 is 10.2 Å². The van der Waals surface area contributed by atoms with E-state index in [4.69, 9.17) is 11.6 Å². The Balaban J connectivity index is 1.80. The average molecular weight is 622 g/mol. The lowest BCUT2D eigenvalue weighted by atomic mass is 10.0. The number of carbonyl (C=O) groups excluding carboxylic acids is 2. The molecule has 0 aliphatic heterocycles. The smallest absolute Gasteiger partial charge is 0.264 e. The highest BCUT2D eigenvalue weighted by Crippen LogP contribution is 2.26. The zero-order valence-electron chi connectivity index (χ0n) is 23.9. The molecule has 2 amide bonds. The van der Waals surface area contributed by atoms with E-state index in [1.165, 1.54) is 29.2 Å². The number of nitrogens with zero attached hydrogens (tertiary/aromatic N) is 2. The molecule has 4 rings (SSSR count). The third-order valence-electron chi connectivity index (χ3n) is 6.92. The fourth-order valence-electron chi connectivity index (χ4n) is 4.63. The summed E-state index contributed by atoms with van der Waals surface area (Å²) in [5.74, 6) is -1.57. The lowest BCUT2D eigenvalue weighted by Crippen LogP contribution is -2.53. The fraction of sp³-hybridized carbons (Fsp3) is 0.212. The summed E-state index contributed by atoms with van der Waals surface area (Å²) in [5, 5.41) is 3.22. The summed E-state index contributed by atoms with van der Waals surface area (Å²) in [6.07, 6.45) is 0.185. The minimum atomic E-state index is -4.27. The van der Waals surface area contributed by atoms with Crippen molar-refractivity contribution < 1.29 is 22.4 Å². The Morgan fingerprint density at radius 2 is 1.51 bits per heavy atom. The van der Waals surface area contributed by atoms with Gasteiger partial charge in [-0.15, -0.1) is 0 Å². The summed E-state index contributed by atoms with van der Waals surface area (Å²) in [4.78, 5) is 29.1. The van der Waals surface area contributed by atoms with Crippen LogP contribution in [-0.4, -0.2) is 44.3 Å². The van der Waals surface area contributed by atoms with Crippen molar-refractivity contribution in [2.24, 2.45) is 0 Å². The van der Waals surface area contributed by atoms with E-state index in [0.717, 1.165) is 27.6 Å². The molecule has 0 aliphatic rings. The number of nitrogens with one attached hydrogen (secondary N) is 1. The lowest BCUT2D eigenvalue weighted by Gasteiger charge is -2.34. The van der Waals surface area contributed by atoms with Gasteiger partial charge in [-0.1, -0.05) is 77.8 Å². The molecule has 0 aliphatic carbocycles. The zero-order chi connectivity index (χ0) is 31.0. The molecule has 224 valence electrons. The van der Waals surface area contributed by atoms with E-state index in [0.29, 0.717) is 17.1 Å². The van der Waals surface area contributed by atoms with Crippen LogP contribution < -0.4 is 9.62 Å². The van der Waals surface area contributed by atoms with E-state index in [9.17, 15) is 22.4 Å². The number of aryl methyl sites for hydroxylation is 1. The van der Waals surface area contributed by atoms with E-state index in [1.807, 2.05) is 37.3 Å². The third-order valence-corrected chi connectivity index (χ3v) is 9.08. The Morgan fingerprint density at radius 3 is 2.14 bits per heavy atom. The number of sulfonamides is 1. The summed E-state index contributed by atoms with van der Waals surface area (Å²) >= 11 is 6.48. The lowest BCUT2D eigenvalue weighted by molar-refractivity contribution is -0.140. The van der Waals surface area contributed by atoms with Crippen LogP contribution in [-0.2, 0) is 32.6 Å². The number of halogens is 2. The second kappa shape index (κ2) is 14.3. The quantitative estimate of drug-likeness (QED) is 0.218. The maximum Gasteiger partial charge on any atom is 0.264 e. The molecule has 0 aromatic heterocycles. The predicted octanol–water partition coefficient (Wildman–Crippen LogP) is 5.76. The first-order chi connectivity index (χ1) is 20.6. The zero-order valence-corrected chi connectivity index (χ0v) is 25.5. The number of hydrogen-bond acceptors (Lipinski definition) is 4. The van der Waals surface area contributed by atoms with Crippen molar-refractivity contribution in [1.82, 2.24) is 10.2 Å². The van der Waals surface area contributed by atoms with Gasteiger partial charge >= 0.3 is 0 Å². The predicted molar refractivity (Wildman–Crippen MR) is 167 cm³/mol. The van der Waals surface area contributed by atoms with E-state index < -0.39 is 34.3 Å². The second-order valence-electron chi connectivity index (χ2n) is 10.0. The molecule has 7 nitrogen and oxygen atoms in total. The van der Waals surface area contributed by atoms with Crippen molar-refractivity contribution >= 4 is 39.1 Å². The molecule has 10 heteroatoms. The SMILES string of the molecule is CCNC(=O)[C@@H](Cc1ccccc1)N(Cc1ccccc1Cl)C(=O)CN(c1ccc(F)cc1)S(=O)(=O)c1ccc(C)cc1. The summed E-state index contributed by atoms with van der Waals surface area (Å²) in [5.41, 5.74) is 2.37. The Labute approximate surface area is 257 Å². The largest absolute Gasteiger partial charge is 0.355 e. The fourth-order valence-corrected chi connectivity index (χ4v) is 6.24. The van der Waals surface area contributed by atoms with Crippen LogP contribution in [0.15, 0.2) is 108 Å². The summed E-state index contributed by atoms with van der Waals surface area (Å²) in [6, 6.07) is 26.3. The molecule has 43 heavy (non-hydrogen) atoms. The van der Waals surface area contributed by atoms with Crippen LogP contribution in [0, 0.1) is 12.7 Å². The van der Waals surface area contributed by atoms with Crippen LogP contribution in [0.25, 0.3) is 0 Å². The van der Waals surface area contributed by atoms with Crippen LogP contribution >= 0.6 is 11.6 Å². The van der Waals surface area contributed by atoms with Gasteiger partial charge in [-0.2, -0.15) is 0 Å². The van der Waals surface area contributed by atoms with Gasteiger partial charge in [-0.25, -0.2) is 12.8 Å². The first-order valence-electron chi connectivity index (χ1n) is 13.8. The van der Waals surface area contributed by atoms with E-state index in [-0.39, 0.29) is 29.5 Å². The van der Waals surface area contributed by atoms with Gasteiger partial charge in [0.05, 0.1) is 10.6 Å². The topological polar surface area (TPSA) is 86.8 Å². The number of amides is 2. The summed E-state index contributed by atoms with van der Waals surface area (Å²) < 4.78 is 42.7. The molecule has 0 bridgehead atoms. The Bertz CT molecular complexity index is 1650. The Kier molecular flexibility index (Phi) is 10.6. The van der Waals surface area contributed by atoms with Crippen LogP contribution in [0.2, 0.25) is 5.02 Å². The van der Waals surface area contributed by atoms with Gasteiger partial charge in [0.2, 0.25) is 11.8 Å². The van der Waals surface area contributed by atoms with Crippen LogP contribution in [0.4, 0.5) is 10.1 Å². The standard InChI is InChI=1S/C33H33ClFN3O4S/c1-3-36-33(40)31(21-25-9-5-4-6-10-25)37(22-26-11-7-8-12-30(26)34)32(39)23-38(28-17-15-27(35)16-18-28)43(41,42)29-19-13-24(2)14-20-29/h4-20,31H,3,21-23H2,1-2H3,(H,36,40)/t31-/m1/s1. The minimum Gasteiger partial charge on any atom is -0.355 e. The molecule has 1 atom stereocenters. The maximum absolute atomic E-state index is 14.3. The van der Waals surface area contributed by atoms with Crippen LogP contribution in [0.5, 0.6) is 0 Å². The Morgan fingerprint density at radius 1 is 0.884 bits per heavy atom. The van der Waals surface area contributed by atoms with Gasteiger partial charge in [0, 0.05) is 24.5 Å². The van der Waals surface area contributed by atoms with E-state index >= 15 is 0 Å². The van der Waals surface area contributed by atoms with Gasteiger partial charge in [0.15, 0.2) is 0 Å². The molecule has 0 saturated heterocycles. The average Bonchev–Trinajstić information content (AvgIpc) is 3.00. The van der Waals surface area contributed by atoms with Crippen LogP contribution in [0.1, 0.15) is 23.6 Å². The molecule has 0 radical (unpaired) electrons. The molecule has 0 unspecified atom stereocenters. The normalized spacial score (nSPS) is 11.9. The Hall–Kier alpha value is -4.21. The molecule has 0 heterocycles. The second-order valence-corrected chi connectivity index (χ2v) is 12.3. The van der Waals surface area contributed by atoms with Crippen molar-refractivity contribution in [2.45, 2.75) is 37.8 Å². The van der Waals surface area contributed by atoms with Gasteiger partial charge in [-0.05, 0) is 67.4 Å². The maximum atomic E-state index is 14.3. The first-order valence-corrected chi connectivity index (χ1v) is 15.6. The molecular weight excluding hydrogens is 589 g/mol. The van der Waals surface area contributed by atoms with Gasteiger partial charge in [0.25, 0.3) is 10.0 Å². The highest BCUT2D eigenvalue weighted by molar-refractivity contribution is 7.92. The molecule has 0 saturated carbocycles. The van der Waals surface area contributed by atoms with E-state index in [2.05, 4.69) is 5.32 Å². The van der Waals surface area contributed by atoms with Gasteiger partial charge in [-0.3, -0.25) is 13.9 Å². The molecule has 1 N–H and O–H groups in total.